The summed E-state index contributed by atoms with van der Waals surface area (Å²) < 4.78 is 50.8. The lowest BCUT2D eigenvalue weighted by Gasteiger charge is -2.12. The molecule has 0 saturated carbocycles. The minimum absolute atomic E-state index is 0.445. The molecule has 0 aromatic heterocycles. The predicted octanol–water partition coefficient (Wildman–Crippen LogP) is 2.88. The lowest BCUT2D eigenvalue weighted by Crippen LogP contribution is -2.30. The predicted molar refractivity (Wildman–Crippen MR) is 47.7 cm³/mol. The number of alkyl halides is 2. The number of hydrogen-bond donors (Lipinski definition) is 1. The Hall–Kier alpha value is -1.30. The maximum Gasteiger partial charge on any atom is 0.374 e. The minimum Gasteiger partial charge on any atom is -0.477 e. The van der Waals surface area contributed by atoms with Gasteiger partial charge in [-0.05, 0) is 17.7 Å². The molecular weight excluding hydrogens is 252 g/mol. The molecular formula is C9H5ClF4O2. The van der Waals surface area contributed by atoms with Crippen molar-refractivity contribution < 1.29 is 27.5 Å². The summed E-state index contributed by atoms with van der Waals surface area (Å²) in [6.45, 7) is 0. The zero-order chi connectivity index (χ0) is 12.5. The third kappa shape index (κ3) is 2.63. The highest BCUT2D eigenvalue weighted by Gasteiger charge is 2.39. The van der Waals surface area contributed by atoms with Gasteiger partial charge in [-0.25, -0.2) is 13.6 Å². The van der Waals surface area contributed by atoms with Gasteiger partial charge in [0.15, 0.2) is 11.6 Å². The van der Waals surface area contributed by atoms with Crippen molar-refractivity contribution in [3.8, 4) is 0 Å². The fraction of sp³-hybridized carbons (Fsp3) is 0.222. The van der Waals surface area contributed by atoms with Crippen LogP contribution in [0, 0.1) is 11.6 Å². The third-order valence-electron chi connectivity index (χ3n) is 1.81. The van der Waals surface area contributed by atoms with E-state index in [2.05, 4.69) is 0 Å². The molecule has 0 bridgehead atoms. The van der Waals surface area contributed by atoms with E-state index in [1.807, 2.05) is 0 Å². The van der Waals surface area contributed by atoms with Gasteiger partial charge >= 0.3 is 11.9 Å². The molecule has 1 rings (SSSR count). The minimum atomic E-state index is -4.08. The number of carboxylic acids is 1. The molecule has 1 N–H and O–H groups in total. The first-order valence-corrected chi connectivity index (χ1v) is 4.36. The van der Waals surface area contributed by atoms with Crippen LogP contribution in [-0.2, 0) is 11.2 Å². The van der Waals surface area contributed by atoms with E-state index in [1.165, 1.54) is 0 Å². The summed E-state index contributed by atoms with van der Waals surface area (Å²) in [5.74, 6) is -9.07. The van der Waals surface area contributed by atoms with Gasteiger partial charge in [-0.15, -0.1) is 0 Å². The van der Waals surface area contributed by atoms with Crippen LogP contribution in [0.15, 0.2) is 12.1 Å². The molecule has 0 aliphatic rings. The van der Waals surface area contributed by atoms with Crippen molar-refractivity contribution in [1.29, 1.82) is 0 Å². The van der Waals surface area contributed by atoms with Gasteiger partial charge in [-0.2, -0.15) is 8.78 Å². The Balaban J connectivity index is 3.07. The normalized spacial score (nSPS) is 11.6. The van der Waals surface area contributed by atoms with E-state index in [-0.39, 0.29) is 0 Å². The molecule has 0 atom stereocenters. The average Bonchev–Trinajstić information content (AvgIpc) is 2.13. The summed E-state index contributed by atoms with van der Waals surface area (Å²) in [7, 11) is 0. The summed E-state index contributed by atoms with van der Waals surface area (Å²) in [5.41, 5.74) is -0.465. The Morgan fingerprint density at radius 1 is 1.31 bits per heavy atom. The topological polar surface area (TPSA) is 37.3 Å². The van der Waals surface area contributed by atoms with Gasteiger partial charge in [0.1, 0.15) is 0 Å². The van der Waals surface area contributed by atoms with Crippen LogP contribution >= 0.6 is 11.6 Å². The average molecular weight is 257 g/mol. The van der Waals surface area contributed by atoms with Gasteiger partial charge in [-0.1, -0.05) is 11.6 Å². The fourth-order valence-corrected chi connectivity index (χ4v) is 1.23. The number of aliphatic carboxylic acids is 1. The number of carbonyl (C=O) groups is 1. The second-order valence-electron chi connectivity index (χ2n) is 3.04. The smallest absolute Gasteiger partial charge is 0.374 e. The molecule has 0 radical (unpaired) electrons. The number of hydrogen-bond acceptors (Lipinski definition) is 1. The molecule has 0 spiro atoms. The molecule has 2 nitrogen and oxygen atoms in total. The van der Waals surface area contributed by atoms with Crippen LogP contribution in [0.4, 0.5) is 17.6 Å². The Kier molecular flexibility index (Phi) is 3.42. The zero-order valence-corrected chi connectivity index (χ0v) is 8.36. The number of rotatable bonds is 3. The highest BCUT2D eigenvalue weighted by Crippen LogP contribution is 2.27. The zero-order valence-electron chi connectivity index (χ0n) is 7.61. The van der Waals surface area contributed by atoms with Crippen molar-refractivity contribution in [3.63, 3.8) is 0 Å². The lowest BCUT2D eigenvalue weighted by atomic mass is 10.1. The summed E-state index contributed by atoms with van der Waals surface area (Å²) in [5, 5.41) is 7.71. The Labute approximate surface area is 92.4 Å². The van der Waals surface area contributed by atoms with Gasteiger partial charge in [0.05, 0.1) is 0 Å². The first-order valence-electron chi connectivity index (χ1n) is 3.98. The number of halogens is 5. The van der Waals surface area contributed by atoms with E-state index in [0.29, 0.717) is 12.1 Å². The summed E-state index contributed by atoms with van der Waals surface area (Å²) >= 11 is 5.38. The van der Waals surface area contributed by atoms with Crippen molar-refractivity contribution in [2.45, 2.75) is 12.3 Å². The molecule has 1 aromatic carbocycles. The van der Waals surface area contributed by atoms with Gasteiger partial charge < -0.3 is 5.11 Å². The Morgan fingerprint density at radius 3 is 2.31 bits per heavy atom. The van der Waals surface area contributed by atoms with E-state index < -0.39 is 40.5 Å². The van der Waals surface area contributed by atoms with Gasteiger partial charge in [0.25, 0.3) is 0 Å². The first-order chi connectivity index (χ1) is 7.24. The standard InChI is InChI=1S/C9H5ClF4O2/c10-5-2-7(12)6(11)1-4(5)3-9(13,14)8(15)16/h1-2H,3H2,(H,15,16). The van der Waals surface area contributed by atoms with Crippen LogP contribution in [0.25, 0.3) is 0 Å². The quantitative estimate of drug-likeness (QED) is 0.667. The maximum absolute atomic E-state index is 12.8. The van der Waals surface area contributed by atoms with Crippen LogP contribution < -0.4 is 0 Å². The Morgan fingerprint density at radius 2 is 1.81 bits per heavy atom. The van der Waals surface area contributed by atoms with Crippen molar-refractivity contribution in [3.05, 3.63) is 34.4 Å². The molecule has 0 saturated heterocycles. The van der Waals surface area contributed by atoms with E-state index in [1.54, 1.807) is 0 Å². The number of benzene rings is 1. The van der Waals surface area contributed by atoms with Crippen LogP contribution in [0.2, 0.25) is 5.02 Å². The fourth-order valence-electron chi connectivity index (χ4n) is 1.01. The number of carboxylic acid groups (broad SMARTS) is 1. The van der Waals surface area contributed by atoms with Crippen LogP contribution in [0.3, 0.4) is 0 Å². The second kappa shape index (κ2) is 4.29. The molecule has 0 aliphatic carbocycles. The largest absolute Gasteiger partial charge is 0.477 e. The molecule has 1 aromatic rings. The van der Waals surface area contributed by atoms with Gasteiger partial charge in [0, 0.05) is 11.4 Å². The highest BCUT2D eigenvalue weighted by atomic mass is 35.5. The van der Waals surface area contributed by atoms with Gasteiger partial charge in [0.2, 0.25) is 0 Å². The monoisotopic (exact) mass is 256 g/mol. The molecule has 0 heterocycles. The highest BCUT2D eigenvalue weighted by molar-refractivity contribution is 6.31. The Bertz CT molecular complexity index is 434. The SMILES string of the molecule is O=C(O)C(F)(F)Cc1cc(F)c(F)cc1Cl. The van der Waals surface area contributed by atoms with Gasteiger partial charge in [-0.3, -0.25) is 0 Å². The molecule has 0 unspecified atom stereocenters. The third-order valence-corrected chi connectivity index (χ3v) is 2.17. The lowest BCUT2D eigenvalue weighted by molar-refractivity contribution is -0.164. The van der Waals surface area contributed by atoms with E-state index in [0.717, 1.165) is 0 Å². The second-order valence-corrected chi connectivity index (χ2v) is 3.45. The van der Waals surface area contributed by atoms with Crippen LogP contribution in [-0.4, -0.2) is 17.0 Å². The van der Waals surface area contributed by atoms with E-state index >= 15 is 0 Å². The molecule has 16 heavy (non-hydrogen) atoms. The molecule has 0 fully saturated rings. The summed E-state index contributed by atoms with van der Waals surface area (Å²) in [6, 6.07) is 0.971. The summed E-state index contributed by atoms with van der Waals surface area (Å²) in [6.07, 6.45) is -1.29. The molecule has 88 valence electrons. The van der Waals surface area contributed by atoms with Crippen molar-refractivity contribution in [2.24, 2.45) is 0 Å². The molecule has 7 heteroatoms. The van der Waals surface area contributed by atoms with Crippen LogP contribution in [0.1, 0.15) is 5.56 Å². The maximum atomic E-state index is 12.8. The summed E-state index contributed by atoms with van der Waals surface area (Å²) in [4.78, 5) is 10.1. The molecule has 0 aliphatic heterocycles. The van der Waals surface area contributed by atoms with Crippen molar-refractivity contribution in [2.75, 3.05) is 0 Å². The van der Waals surface area contributed by atoms with Crippen molar-refractivity contribution in [1.82, 2.24) is 0 Å². The van der Waals surface area contributed by atoms with Crippen LogP contribution in [0.5, 0.6) is 0 Å². The first kappa shape index (κ1) is 12.8. The van der Waals surface area contributed by atoms with E-state index in [4.69, 9.17) is 16.7 Å². The van der Waals surface area contributed by atoms with Crippen molar-refractivity contribution >= 4 is 17.6 Å². The molecule has 0 amide bonds. The van der Waals surface area contributed by atoms with E-state index in [9.17, 15) is 22.4 Å².